The molecule has 3 N–H and O–H groups in total. The topological polar surface area (TPSA) is 107 Å². The number of aromatic nitrogens is 2. The Balaban J connectivity index is 2.28. The quantitative estimate of drug-likeness (QED) is 0.648. The number of anilines is 2. The monoisotopic (exact) mass is 265 g/mol. The van der Waals surface area contributed by atoms with Crippen LogP contribution in [-0.2, 0) is 0 Å². The second-order valence-corrected chi connectivity index (χ2v) is 4.58. The normalized spacial score (nSPS) is 12.1. The average molecular weight is 265 g/mol. The molecule has 8 heteroatoms. The number of nitro groups is 1. The third-order valence-corrected chi connectivity index (χ3v) is 3.36. The number of nitrogens with two attached hydrogens (primary N) is 1. The zero-order chi connectivity index (χ0) is 13.1. The predicted octanol–water partition coefficient (Wildman–Crippen LogP) is 2.20. The Hall–Kier alpha value is -2.22. The van der Waals surface area contributed by atoms with Crippen LogP contribution in [0.15, 0.2) is 23.7 Å². The van der Waals surface area contributed by atoms with Gasteiger partial charge in [0.1, 0.15) is 6.20 Å². The first-order chi connectivity index (χ1) is 8.58. The third kappa shape index (κ3) is 2.54. The van der Waals surface area contributed by atoms with E-state index in [2.05, 4.69) is 15.3 Å². The van der Waals surface area contributed by atoms with Crippen molar-refractivity contribution < 1.29 is 4.92 Å². The van der Waals surface area contributed by atoms with Crippen LogP contribution in [0.4, 0.5) is 17.5 Å². The van der Waals surface area contributed by atoms with Crippen LogP contribution in [0.1, 0.15) is 17.8 Å². The molecule has 0 amide bonds. The summed E-state index contributed by atoms with van der Waals surface area (Å²) in [5, 5.41) is 15.8. The van der Waals surface area contributed by atoms with E-state index in [4.69, 9.17) is 5.73 Å². The van der Waals surface area contributed by atoms with E-state index >= 15 is 0 Å². The van der Waals surface area contributed by atoms with E-state index in [1.807, 2.05) is 24.4 Å². The minimum absolute atomic E-state index is 0.00137. The van der Waals surface area contributed by atoms with Gasteiger partial charge in [-0.1, -0.05) is 6.07 Å². The van der Waals surface area contributed by atoms with Crippen LogP contribution >= 0.6 is 11.3 Å². The molecular weight excluding hydrogens is 254 g/mol. The largest absolute Gasteiger partial charge is 0.368 e. The van der Waals surface area contributed by atoms with Gasteiger partial charge in [-0.15, -0.1) is 11.3 Å². The fourth-order valence-corrected chi connectivity index (χ4v) is 2.18. The van der Waals surface area contributed by atoms with Gasteiger partial charge >= 0.3 is 5.69 Å². The Bertz CT molecular complexity index is 557. The molecule has 18 heavy (non-hydrogen) atoms. The van der Waals surface area contributed by atoms with E-state index in [0.717, 1.165) is 11.1 Å². The van der Waals surface area contributed by atoms with Crippen molar-refractivity contribution in [3.63, 3.8) is 0 Å². The molecule has 0 aliphatic carbocycles. The van der Waals surface area contributed by atoms with Gasteiger partial charge < -0.3 is 11.1 Å². The highest BCUT2D eigenvalue weighted by molar-refractivity contribution is 7.10. The lowest BCUT2D eigenvalue weighted by Gasteiger charge is -2.12. The van der Waals surface area contributed by atoms with Crippen molar-refractivity contribution in [3.8, 4) is 0 Å². The van der Waals surface area contributed by atoms with Crippen molar-refractivity contribution in [2.24, 2.45) is 0 Å². The van der Waals surface area contributed by atoms with Crippen LogP contribution in [0, 0.1) is 10.1 Å². The Kier molecular flexibility index (Phi) is 3.38. The molecule has 0 spiro atoms. The standard InChI is InChI=1S/C10H11N5O2S/c1-6(8-3-2-4-18-8)13-9-7(15(16)17)5-12-10(11)14-9/h2-6H,1H3,(H3,11,12,13,14). The predicted molar refractivity (Wildman–Crippen MR) is 69.5 cm³/mol. The van der Waals surface area contributed by atoms with Crippen LogP contribution in [0.3, 0.4) is 0 Å². The fraction of sp³-hybridized carbons (Fsp3) is 0.200. The fourth-order valence-electron chi connectivity index (χ4n) is 1.44. The van der Waals surface area contributed by atoms with Gasteiger partial charge in [-0.05, 0) is 18.4 Å². The first-order valence-electron chi connectivity index (χ1n) is 5.14. The molecule has 1 atom stereocenters. The summed E-state index contributed by atoms with van der Waals surface area (Å²) >= 11 is 1.56. The third-order valence-electron chi connectivity index (χ3n) is 2.31. The van der Waals surface area contributed by atoms with E-state index in [-0.39, 0.29) is 23.5 Å². The van der Waals surface area contributed by atoms with E-state index in [1.165, 1.54) is 0 Å². The zero-order valence-electron chi connectivity index (χ0n) is 9.53. The lowest BCUT2D eigenvalue weighted by atomic mass is 10.2. The number of thiophene rings is 1. The second kappa shape index (κ2) is 4.96. The Morgan fingerprint density at radius 2 is 2.39 bits per heavy atom. The summed E-state index contributed by atoms with van der Waals surface area (Å²) in [6.45, 7) is 1.90. The molecule has 0 bridgehead atoms. The summed E-state index contributed by atoms with van der Waals surface area (Å²) in [6, 6.07) is 3.78. The maximum absolute atomic E-state index is 10.8. The van der Waals surface area contributed by atoms with Gasteiger partial charge in [-0.3, -0.25) is 10.1 Å². The summed E-state index contributed by atoms with van der Waals surface area (Å²) in [6.07, 6.45) is 1.10. The SMILES string of the molecule is CC(Nc1nc(N)ncc1[N+](=O)[O-])c1cccs1. The number of nitrogens with one attached hydrogen (secondary N) is 1. The van der Waals surface area contributed by atoms with E-state index < -0.39 is 4.92 Å². The molecule has 0 aliphatic heterocycles. The molecule has 94 valence electrons. The van der Waals surface area contributed by atoms with Gasteiger partial charge in [0.05, 0.1) is 11.0 Å². The summed E-state index contributed by atoms with van der Waals surface area (Å²) in [5.41, 5.74) is 5.25. The van der Waals surface area contributed by atoms with E-state index in [1.54, 1.807) is 11.3 Å². The van der Waals surface area contributed by atoms with Crippen molar-refractivity contribution >= 4 is 28.8 Å². The van der Waals surface area contributed by atoms with Crippen molar-refractivity contribution in [2.45, 2.75) is 13.0 Å². The average Bonchev–Trinajstić information content (AvgIpc) is 2.81. The number of nitrogen functional groups attached to an aromatic ring is 1. The van der Waals surface area contributed by atoms with E-state index in [9.17, 15) is 10.1 Å². The van der Waals surface area contributed by atoms with Gasteiger partial charge in [0, 0.05) is 4.88 Å². The molecule has 2 rings (SSSR count). The molecule has 7 nitrogen and oxygen atoms in total. The van der Waals surface area contributed by atoms with Crippen LogP contribution in [-0.4, -0.2) is 14.9 Å². The smallest absolute Gasteiger partial charge is 0.329 e. The Morgan fingerprint density at radius 3 is 3.00 bits per heavy atom. The summed E-state index contributed by atoms with van der Waals surface area (Å²) < 4.78 is 0. The number of hydrogen-bond donors (Lipinski definition) is 2. The highest BCUT2D eigenvalue weighted by Crippen LogP contribution is 2.27. The zero-order valence-corrected chi connectivity index (χ0v) is 10.3. The minimum Gasteiger partial charge on any atom is -0.368 e. The summed E-state index contributed by atoms with van der Waals surface area (Å²) in [5.74, 6) is 0.134. The van der Waals surface area contributed by atoms with Gasteiger partial charge in [0.2, 0.25) is 11.8 Å². The van der Waals surface area contributed by atoms with Crippen molar-refractivity contribution in [1.82, 2.24) is 9.97 Å². The highest BCUT2D eigenvalue weighted by Gasteiger charge is 2.19. The highest BCUT2D eigenvalue weighted by atomic mass is 32.1. The Labute approximate surface area is 107 Å². The van der Waals surface area contributed by atoms with Gasteiger partial charge in [-0.2, -0.15) is 4.98 Å². The molecule has 0 saturated carbocycles. The molecule has 0 aliphatic rings. The molecule has 1 unspecified atom stereocenters. The maximum Gasteiger partial charge on any atom is 0.329 e. The summed E-state index contributed by atoms with van der Waals surface area (Å²) in [7, 11) is 0. The second-order valence-electron chi connectivity index (χ2n) is 3.60. The molecular formula is C10H11N5O2S. The molecule has 2 aromatic rings. The first-order valence-corrected chi connectivity index (χ1v) is 6.02. The first kappa shape index (κ1) is 12.2. The lowest BCUT2D eigenvalue weighted by Crippen LogP contribution is -2.10. The maximum atomic E-state index is 10.8. The number of hydrogen-bond acceptors (Lipinski definition) is 7. The molecule has 0 saturated heterocycles. The van der Waals surface area contributed by atoms with Gasteiger partial charge in [-0.25, -0.2) is 4.98 Å². The van der Waals surface area contributed by atoms with Crippen LogP contribution < -0.4 is 11.1 Å². The molecule has 0 fully saturated rings. The van der Waals surface area contributed by atoms with Crippen LogP contribution in [0.25, 0.3) is 0 Å². The number of rotatable bonds is 4. The summed E-state index contributed by atoms with van der Waals surface area (Å²) in [4.78, 5) is 18.8. The molecule has 0 radical (unpaired) electrons. The lowest BCUT2D eigenvalue weighted by molar-refractivity contribution is -0.384. The van der Waals surface area contributed by atoms with Crippen LogP contribution in [0.5, 0.6) is 0 Å². The van der Waals surface area contributed by atoms with Gasteiger partial charge in [0.15, 0.2) is 0 Å². The number of nitrogens with zero attached hydrogens (tertiary/aromatic N) is 3. The van der Waals surface area contributed by atoms with Gasteiger partial charge in [0.25, 0.3) is 0 Å². The van der Waals surface area contributed by atoms with Crippen molar-refractivity contribution in [2.75, 3.05) is 11.1 Å². The van der Waals surface area contributed by atoms with E-state index in [0.29, 0.717) is 0 Å². The van der Waals surface area contributed by atoms with Crippen LogP contribution in [0.2, 0.25) is 0 Å². The van der Waals surface area contributed by atoms with Crippen molar-refractivity contribution in [1.29, 1.82) is 0 Å². The Morgan fingerprint density at radius 1 is 1.61 bits per heavy atom. The molecule has 2 heterocycles. The van der Waals surface area contributed by atoms with Crippen molar-refractivity contribution in [3.05, 3.63) is 38.7 Å². The minimum atomic E-state index is -0.539. The molecule has 0 aromatic carbocycles. The molecule has 2 aromatic heterocycles.